The van der Waals surface area contributed by atoms with E-state index in [1.165, 1.54) is 11.3 Å². The number of rotatable bonds is 4. The summed E-state index contributed by atoms with van der Waals surface area (Å²) in [6, 6.07) is 8.80. The van der Waals surface area contributed by atoms with E-state index in [1.807, 2.05) is 20.8 Å². The van der Waals surface area contributed by atoms with Gasteiger partial charge in [-0.25, -0.2) is 0 Å². The normalized spacial score (nSPS) is 13.3. The van der Waals surface area contributed by atoms with Crippen LogP contribution >= 0.6 is 11.3 Å². The fourth-order valence-electron chi connectivity index (χ4n) is 2.94. The van der Waals surface area contributed by atoms with Gasteiger partial charge in [-0.2, -0.15) is 0 Å². The number of carbonyl (C=O) groups is 2. The molecule has 2 aromatic heterocycles. The maximum Gasteiger partial charge on any atom is 0.286 e. The molecule has 0 saturated carbocycles. The molecule has 0 atom stereocenters. The third-order valence-corrected chi connectivity index (χ3v) is 5.79. The number of amides is 1. The van der Waals surface area contributed by atoms with Gasteiger partial charge in [-0.1, -0.05) is 32.1 Å². The number of hydrogen-bond donors (Lipinski definition) is 1. The quantitative estimate of drug-likeness (QED) is 0.703. The summed E-state index contributed by atoms with van der Waals surface area (Å²) >= 11 is 1.29. The lowest BCUT2D eigenvalue weighted by Crippen LogP contribution is -2.11. The lowest BCUT2D eigenvalue weighted by Gasteiger charge is -2.12. The van der Waals surface area contributed by atoms with Gasteiger partial charge in [0.1, 0.15) is 22.3 Å². The van der Waals surface area contributed by atoms with Crippen LogP contribution in [0.1, 0.15) is 46.8 Å². The van der Waals surface area contributed by atoms with E-state index in [0.29, 0.717) is 35.0 Å². The molecule has 148 valence electrons. The van der Waals surface area contributed by atoms with Gasteiger partial charge in [0.25, 0.3) is 5.91 Å². The Morgan fingerprint density at radius 3 is 2.55 bits per heavy atom. The van der Waals surface area contributed by atoms with Crippen molar-refractivity contribution in [3.63, 3.8) is 0 Å². The van der Waals surface area contributed by atoms with Gasteiger partial charge in [0, 0.05) is 35.7 Å². The van der Waals surface area contributed by atoms with Gasteiger partial charge in [0.2, 0.25) is 5.01 Å². The third kappa shape index (κ3) is 4.17. The number of hydrogen-bond acceptors (Lipinski definition) is 7. The first-order valence-corrected chi connectivity index (χ1v) is 10.0. The second-order valence-electron chi connectivity index (χ2n) is 7.87. The van der Waals surface area contributed by atoms with Crippen molar-refractivity contribution in [3.05, 3.63) is 57.8 Å². The highest BCUT2D eigenvalue weighted by Gasteiger charge is 2.24. The number of carbonyl (C=O) groups excluding carboxylic acids is 2. The topological polar surface area (TPSA) is 94.1 Å². The van der Waals surface area contributed by atoms with Crippen molar-refractivity contribution in [2.45, 2.75) is 39.0 Å². The molecule has 0 radical (unpaired) electrons. The van der Waals surface area contributed by atoms with Crippen LogP contribution in [0.3, 0.4) is 0 Å². The number of nitrogens with one attached hydrogen (secondary N) is 1. The van der Waals surface area contributed by atoms with Crippen molar-refractivity contribution >= 4 is 28.7 Å². The molecule has 7 nitrogen and oxygen atoms in total. The van der Waals surface area contributed by atoms with Crippen molar-refractivity contribution in [1.82, 2.24) is 15.2 Å². The Kier molecular flexibility index (Phi) is 4.87. The minimum Gasteiger partial charge on any atom is -0.457 e. The Balaban J connectivity index is 1.44. The van der Waals surface area contributed by atoms with Crippen LogP contribution in [0.25, 0.3) is 0 Å². The molecule has 8 heteroatoms. The van der Waals surface area contributed by atoms with Gasteiger partial charge in [0.15, 0.2) is 0 Å². The Morgan fingerprint density at radius 2 is 1.86 bits per heavy atom. The first kappa shape index (κ1) is 19.2. The molecule has 0 saturated heterocycles. The molecule has 3 aromatic rings. The van der Waals surface area contributed by atoms with Crippen LogP contribution in [-0.2, 0) is 23.1 Å². The number of pyridine rings is 1. The first-order valence-electron chi connectivity index (χ1n) is 9.21. The predicted octanol–water partition coefficient (Wildman–Crippen LogP) is 3.94. The van der Waals surface area contributed by atoms with Crippen LogP contribution in [0, 0.1) is 0 Å². The van der Waals surface area contributed by atoms with Crippen molar-refractivity contribution in [2.75, 3.05) is 5.32 Å². The highest BCUT2D eigenvalue weighted by molar-refractivity contribution is 7.13. The molecule has 0 unspecified atom stereocenters. The Hall–Kier alpha value is -3.13. The van der Waals surface area contributed by atoms with Crippen LogP contribution in [0.4, 0.5) is 5.69 Å². The summed E-state index contributed by atoms with van der Waals surface area (Å²) in [5, 5.41) is 12.1. The van der Waals surface area contributed by atoms with E-state index < -0.39 is 0 Å². The molecule has 0 spiro atoms. The molecule has 0 aliphatic heterocycles. The van der Waals surface area contributed by atoms with Gasteiger partial charge in [0.05, 0.1) is 5.69 Å². The average molecular weight is 408 g/mol. The number of nitrogens with zero attached hydrogens (tertiary/aromatic N) is 3. The maximum atomic E-state index is 12.4. The smallest absolute Gasteiger partial charge is 0.286 e. The standard InChI is InChI=1S/C21H20N4O3S/c1-21(2,3)20-25-24-19(29-20)18(27)23-12-4-6-14(7-5-12)28-17-8-9-22-16-11-13(26)10-15(16)17/h4-9H,10-11H2,1-3H3,(H,23,27). The summed E-state index contributed by atoms with van der Waals surface area (Å²) < 4.78 is 5.93. The van der Waals surface area contributed by atoms with Crippen LogP contribution in [0.5, 0.6) is 11.5 Å². The molecular weight excluding hydrogens is 388 g/mol. The van der Waals surface area contributed by atoms with E-state index in [4.69, 9.17) is 4.74 Å². The fourth-order valence-corrected chi connectivity index (χ4v) is 3.73. The van der Waals surface area contributed by atoms with Gasteiger partial charge in [-0.15, -0.1) is 10.2 Å². The zero-order valence-electron chi connectivity index (χ0n) is 16.4. The van der Waals surface area contributed by atoms with E-state index in [2.05, 4.69) is 20.5 Å². The number of Topliss-reactive ketones (excluding diaryl/α,β-unsaturated/α-hetero) is 1. The molecule has 1 aliphatic carbocycles. The van der Waals surface area contributed by atoms with Gasteiger partial charge >= 0.3 is 0 Å². The maximum absolute atomic E-state index is 12.4. The number of anilines is 1. The monoisotopic (exact) mass is 408 g/mol. The lowest BCUT2D eigenvalue weighted by atomic mass is 9.98. The van der Waals surface area contributed by atoms with Gasteiger partial charge < -0.3 is 10.1 Å². The Morgan fingerprint density at radius 1 is 1.10 bits per heavy atom. The highest BCUT2D eigenvalue weighted by atomic mass is 32.1. The zero-order valence-corrected chi connectivity index (χ0v) is 17.2. The van der Waals surface area contributed by atoms with E-state index in [1.54, 1.807) is 36.5 Å². The number of ether oxygens (including phenoxy) is 1. The first-order chi connectivity index (χ1) is 13.8. The summed E-state index contributed by atoms with van der Waals surface area (Å²) in [6.07, 6.45) is 2.36. The van der Waals surface area contributed by atoms with Crippen molar-refractivity contribution < 1.29 is 14.3 Å². The molecule has 1 amide bonds. The molecule has 4 rings (SSSR count). The summed E-state index contributed by atoms with van der Waals surface area (Å²) in [5.74, 6) is 1.10. The van der Waals surface area contributed by atoms with Gasteiger partial charge in [-0.05, 0) is 30.3 Å². The van der Waals surface area contributed by atoms with Crippen LogP contribution in [0.2, 0.25) is 0 Å². The third-order valence-electron chi connectivity index (χ3n) is 4.44. The number of aromatic nitrogens is 3. The molecule has 0 fully saturated rings. The van der Waals surface area contributed by atoms with Crippen LogP contribution in [-0.4, -0.2) is 26.9 Å². The SMILES string of the molecule is CC(C)(C)c1nnc(C(=O)Nc2ccc(Oc3ccnc4c3CC(=O)C4)cc2)s1. The van der Waals surface area contributed by atoms with E-state index in [0.717, 1.165) is 16.3 Å². The van der Waals surface area contributed by atoms with Crippen molar-refractivity contribution in [1.29, 1.82) is 0 Å². The summed E-state index contributed by atoms with van der Waals surface area (Å²) in [4.78, 5) is 28.3. The minimum atomic E-state index is -0.294. The Bertz CT molecular complexity index is 1080. The lowest BCUT2D eigenvalue weighted by molar-refractivity contribution is -0.117. The molecule has 0 bridgehead atoms. The van der Waals surface area contributed by atoms with E-state index in [-0.39, 0.29) is 17.1 Å². The number of fused-ring (bicyclic) bond motifs is 1. The van der Waals surface area contributed by atoms with Crippen LogP contribution < -0.4 is 10.1 Å². The molecular formula is C21H20N4O3S. The summed E-state index contributed by atoms with van der Waals surface area (Å²) in [5.41, 5.74) is 2.11. The van der Waals surface area contributed by atoms with Crippen LogP contribution in [0.15, 0.2) is 36.5 Å². The molecule has 2 heterocycles. The minimum absolute atomic E-state index is 0.146. The largest absolute Gasteiger partial charge is 0.457 e. The van der Waals surface area contributed by atoms with E-state index in [9.17, 15) is 9.59 Å². The molecule has 1 aliphatic rings. The second kappa shape index (κ2) is 7.36. The molecule has 29 heavy (non-hydrogen) atoms. The fraction of sp³-hybridized carbons (Fsp3) is 0.286. The van der Waals surface area contributed by atoms with Gasteiger partial charge in [-0.3, -0.25) is 14.6 Å². The average Bonchev–Trinajstić information content (AvgIpc) is 3.30. The van der Waals surface area contributed by atoms with Crippen molar-refractivity contribution in [2.24, 2.45) is 0 Å². The second-order valence-corrected chi connectivity index (χ2v) is 8.85. The van der Waals surface area contributed by atoms with Crippen molar-refractivity contribution in [3.8, 4) is 11.5 Å². The molecule has 1 N–H and O–H groups in total. The Labute approximate surface area is 172 Å². The predicted molar refractivity (Wildman–Crippen MR) is 110 cm³/mol. The zero-order chi connectivity index (χ0) is 20.6. The molecule has 1 aromatic carbocycles. The number of ketones is 1. The van der Waals surface area contributed by atoms with E-state index >= 15 is 0 Å². The summed E-state index contributed by atoms with van der Waals surface area (Å²) in [7, 11) is 0. The number of benzene rings is 1. The summed E-state index contributed by atoms with van der Waals surface area (Å²) in [6.45, 7) is 6.09. The highest BCUT2D eigenvalue weighted by Crippen LogP contribution is 2.31.